The number of piperidine rings is 2. The molecule has 34 nitrogen and oxygen atoms in total. The van der Waals surface area contributed by atoms with Crippen LogP contribution in [0.5, 0.6) is 5.75 Å². The van der Waals surface area contributed by atoms with E-state index >= 15 is 4.39 Å². The number of imide groups is 2. The van der Waals surface area contributed by atoms with Crippen molar-refractivity contribution in [3.63, 3.8) is 0 Å². The maximum Gasteiger partial charge on any atom is 0.343 e. The van der Waals surface area contributed by atoms with Crippen LogP contribution in [0.2, 0.25) is 0 Å². The molecule has 38 heteroatoms. The maximum atomic E-state index is 15.5. The first-order valence-electron chi connectivity index (χ1n) is 44.6. The number of methoxy groups -OCH3 is 1. The van der Waals surface area contributed by atoms with Gasteiger partial charge in [-0.05, 0) is 94.5 Å². The maximum absolute atomic E-state index is 15.5. The Bertz CT molecular complexity index is 5220. The summed E-state index contributed by atoms with van der Waals surface area (Å²) < 4.78 is 29.3. The smallest absolute Gasteiger partial charge is 0.343 e. The van der Waals surface area contributed by atoms with Crippen LogP contribution in [0.4, 0.5) is 15.8 Å². The van der Waals surface area contributed by atoms with E-state index in [0.717, 1.165) is 106 Å². The molecule has 4 bridgehead atoms. The van der Waals surface area contributed by atoms with Crippen LogP contribution in [0.3, 0.4) is 0 Å². The molecule has 10 atom stereocenters. The van der Waals surface area contributed by atoms with E-state index in [4.69, 9.17) is 14.5 Å². The van der Waals surface area contributed by atoms with Crippen LogP contribution in [0.25, 0.3) is 22.3 Å². The summed E-state index contributed by atoms with van der Waals surface area (Å²) in [5, 5.41) is 32.3. The van der Waals surface area contributed by atoms with Gasteiger partial charge in [0.15, 0.2) is 17.2 Å². The molecule has 0 spiro atoms. The number of carbonyl (C=O) groups excluding carboxylic acids is 13. The lowest BCUT2D eigenvalue weighted by Gasteiger charge is -2.43. The predicted molar refractivity (Wildman–Crippen MR) is 477 cm³/mol. The van der Waals surface area contributed by atoms with Crippen LogP contribution >= 0.6 is 23.5 Å². The van der Waals surface area contributed by atoms with Crippen molar-refractivity contribution < 1.29 is 119 Å². The summed E-state index contributed by atoms with van der Waals surface area (Å²) in [5.74, 6) is -8.73. The number of anilines is 2. The van der Waals surface area contributed by atoms with Crippen LogP contribution in [-0.4, -0.2) is 278 Å². The number of quaternary nitrogens is 3. The van der Waals surface area contributed by atoms with Crippen LogP contribution in [0.1, 0.15) is 171 Å². The molecule has 6 fully saturated rings. The SMILES string of the molecule is CCN1CCC([N+](C)(C)Cc2ccc(NC(=O)[C@H](C)NC(=O)CCCNC(=O)[C@H]3NC(=O)CCCN4C(=O)CC(SC5(C)[NH+](C)C5(C)SC5CC(=O)N(CCCC(=O)N[C@@H]3C(=O)NCCCC(=O)N[C@@H](C)C(=O)Nc3ccc(C[N+](C)(C)C6CCN(Cc7c8c(nc9cc(F)c(OC)cc79)-c7cc9c(c(=O)n7C8)COC(=O)[C@]9(O)CC)CC6)cc3)C5=O)C4=O)cc2)CC1.[I-]. The van der Waals surface area contributed by atoms with E-state index in [-0.39, 0.29) is 157 Å². The number of halogens is 2. The van der Waals surface area contributed by atoms with Crippen LogP contribution in [-0.2, 0) is 105 Å². The summed E-state index contributed by atoms with van der Waals surface area (Å²) in [7, 11) is 12.2. The van der Waals surface area contributed by atoms with Gasteiger partial charge in [-0.25, -0.2) is 14.2 Å². The summed E-state index contributed by atoms with van der Waals surface area (Å²) in [5.41, 5.74) is 4.05. The van der Waals surface area contributed by atoms with Gasteiger partial charge in [-0.2, -0.15) is 0 Å². The number of esters is 1. The third-order valence-corrected chi connectivity index (χ3v) is 31.3. The highest BCUT2D eigenvalue weighted by molar-refractivity contribution is 8.06. The number of fused-ring (bicyclic) bond motifs is 10. The van der Waals surface area contributed by atoms with Crippen molar-refractivity contribution in [2.75, 3.05) is 112 Å². The summed E-state index contributed by atoms with van der Waals surface area (Å²) in [6, 6.07) is 14.8. The average molecular weight is 1940 g/mol. The molecule has 8 aliphatic heterocycles. The highest BCUT2D eigenvalue weighted by Gasteiger charge is 2.78. The Balaban J connectivity index is 0.0000151. The number of cyclic esters (lactones) is 1. The Kier molecular flexibility index (Phi) is 31.4. The third-order valence-electron chi connectivity index (χ3n) is 27.5. The van der Waals surface area contributed by atoms with Gasteiger partial charge >= 0.3 is 5.97 Å². The van der Waals surface area contributed by atoms with Gasteiger partial charge in [0.2, 0.25) is 80.6 Å². The lowest BCUT2D eigenvalue weighted by molar-refractivity contribution is -0.929. The molecule has 0 radical (unpaired) electrons. The molecule has 129 heavy (non-hydrogen) atoms. The lowest BCUT2D eigenvalue weighted by atomic mass is 9.86. The highest BCUT2D eigenvalue weighted by Crippen LogP contribution is 2.53. The minimum atomic E-state index is -2.02. The number of ether oxygens (including phenoxy) is 2. The predicted octanol–water partition coefficient (Wildman–Crippen LogP) is 0.138. The number of pyridine rings is 2. The number of nitrogens with one attached hydrogen (secondary N) is 9. The number of rotatable bonds is 27. The van der Waals surface area contributed by atoms with Gasteiger partial charge in [-0.3, -0.25) is 81.9 Å². The fourth-order valence-corrected chi connectivity index (χ4v) is 22.9. The van der Waals surface area contributed by atoms with Gasteiger partial charge in [-0.1, -0.05) is 61.6 Å². The number of hydrogen-bond acceptors (Lipinski definition) is 22. The van der Waals surface area contributed by atoms with E-state index in [1.54, 1.807) is 35.8 Å². The van der Waals surface area contributed by atoms with Crippen molar-refractivity contribution in [2.45, 2.75) is 233 Å². The summed E-state index contributed by atoms with van der Waals surface area (Å²) in [6.07, 6.45) is 2.50. The van der Waals surface area contributed by atoms with Gasteiger partial charge < -0.3 is 99.5 Å². The second-order valence-corrected chi connectivity index (χ2v) is 39.9. The first-order valence-corrected chi connectivity index (χ1v) is 46.4. The standard InChI is InChI=1S/C91H120FN17O17S2.HI/c1-13-91(124)65-44-68-78-63(49-107(68)85(120)64(65)52-126-88(91)123)62(61-43-69(125-12)66(92)45-67(61)99-78)48-104-41-33-60(34-42-104)109(10,11)51-56-25-29-58(30-26-56)98-82(117)54(4)96-73(111)20-16-36-94-84(119)80-79(83(118)93-35-15-19-72(110)95-53(3)81(116)97-57-27-23-55(24-28-57)50-108(8,9)59-31-39-103(14-2)40-32-59)100-74(112)21-17-37-105-76(114)46-70(86(105)121)127-89(5)90(6,102(89)7)128-71-47-77(115)106(87(71)122)38-18-22-75(113)101-80;/h23-30,43-45,53-54,59-60,70-71,79-80,124H,13-22,31-42,46-52H2,1-12H3,(H6-2,93,94,95,96,97,98,100,101,110,111,112,113,116,117,118,119);1H/p+2/t53-,54-,70?,71?,79-,80-,89?,90?,91-,102?;/m0./s1. The zero-order chi connectivity index (χ0) is 92.2. The number of likely N-dealkylation sites (tertiary alicyclic amines) is 2. The average Bonchev–Trinajstić information content (AvgIpc) is 1.52. The Morgan fingerprint density at radius 1 is 0.667 bits per heavy atom. The van der Waals surface area contributed by atoms with Crippen molar-refractivity contribution in [1.82, 2.24) is 61.1 Å². The normalized spacial score (nSPS) is 24.3. The van der Waals surface area contributed by atoms with E-state index in [1.807, 2.05) is 57.3 Å². The van der Waals surface area contributed by atoms with Crippen molar-refractivity contribution in [1.29, 1.82) is 0 Å². The number of aromatic nitrogens is 2. The van der Waals surface area contributed by atoms with Gasteiger partial charge in [0, 0.05) is 182 Å². The number of likely N-dealkylation sites (N-methyl/N-ethyl adjacent to an activating group) is 1. The van der Waals surface area contributed by atoms with Crippen LogP contribution in [0.15, 0.2) is 71.5 Å². The number of amides is 12. The number of benzene rings is 3. The number of nitrogens with zero attached hydrogens (tertiary/aromatic N) is 8. The molecule has 698 valence electrons. The number of aliphatic hydroxyl groups is 1. The molecule has 13 rings (SSSR count). The summed E-state index contributed by atoms with van der Waals surface area (Å²) >= 11 is 2.66. The van der Waals surface area contributed by atoms with Crippen LogP contribution < -0.4 is 81.7 Å². The Hall–Kier alpha value is -9.55. The minimum Gasteiger partial charge on any atom is -1.00 e. The fourth-order valence-electron chi connectivity index (χ4n) is 19.1. The molecule has 3 aromatic carbocycles. The Morgan fingerprint density at radius 3 is 1.58 bits per heavy atom. The largest absolute Gasteiger partial charge is 1.00 e. The number of hydrogen-bond donors (Lipinski definition) is 10. The molecule has 10 heterocycles. The highest BCUT2D eigenvalue weighted by atomic mass is 127. The van der Waals surface area contributed by atoms with Crippen LogP contribution in [0, 0.1) is 5.82 Å². The molecule has 2 aromatic heterocycles. The first-order chi connectivity index (χ1) is 60.8. The van der Waals surface area contributed by atoms with E-state index in [1.165, 1.54) is 50.5 Å². The number of thioether (sulfide) groups is 2. The second-order valence-electron chi connectivity index (χ2n) is 36.7. The molecular formula is C91H123FIN17O17S2+2. The molecule has 12 amide bonds. The topological polar surface area (TPSA) is 409 Å². The lowest BCUT2D eigenvalue weighted by Crippen LogP contribution is -3.00. The summed E-state index contributed by atoms with van der Waals surface area (Å²) in [6.45, 7) is 16.5. The second kappa shape index (κ2) is 41.1. The molecule has 10 N–H and O–H groups in total. The third kappa shape index (κ3) is 21.8. The molecule has 5 aromatic rings. The van der Waals surface area contributed by atoms with Gasteiger partial charge in [0.1, 0.15) is 43.9 Å². The van der Waals surface area contributed by atoms with Crippen molar-refractivity contribution >= 4 is 123 Å². The zero-order valence-corrected chi connectivity index (χ0v) is 79.4. The van der Waals surface area contributed by atoms with Crippen molar-refractivity contribution in [3.8, 4) is 17.1 Å². The Morgan fingerprint density at radius 2 is 1.13 bits per heavy atom. The molecule has 6 saturated heterocycles. The zero-order valence-electron chi connectivity index (χ0n) is 75.6. The number of carbonyl (C=O) groups is 13. The Labute approximate surface area is 776 Å². The molecule has 8 aliphatic rings. The van der Waals surface area contributed by atoms with Gasteiger partial charge in [-0.15, -0.1) is 0 Å². The van der Waals surface area contributed by atoms with Crippen molar-refractivity contribution in [3.05, 3.63) is 116 Å². The van der Waals surface area contributed by atoms with Gasteiger partial charge in [0.05, 0.1) is 93.9 Å². The quantitative estimate of drug-likeness (QED) is 0.00819. The first kappa shape index (κ1) is 98.5. The van der Waals surface area contributed by atoms with E-state index in [9.17, 15) is 72.2 Å². The summed E-state index contributed by atoms with van der Waals surface area (Å²) in [4.78, 5) is 205. The fraction of sp³-hybridized carbons (Fsp3) is 0.571. The van der Waals surface area contributed by atoms with Gasteiger partial charge in [0.25, 0.3) is 5.56 Å². The van der Waals surface area contributed by atoms with E-state index in [2.05, 4.69) is 87.4 Å². The minimum absolute atomic E-state index is 0. The molecule has 0 aliphatic carbocycles. The molecule has 0 saturated carbocycles. The van der Waals surface area contributed by atoms with E-state index in [0.29, 0.717) is 57.3 Å². The van der Waals surface area contributed by atoms with Crippen molar-refractivity contribution in [2.24, 2.45) is 0 Å². The molecule has 5 unspecified atom stereocenters. The monoisotopic (exact) mass is 1940 g/mol. The van der Waals surface area contributed by atoms with E-state index < -0.39 is 138 Å². The molecular weight excluding hydrogens is 1810 g/mol.